The minimum Gasteiger partial charge on any atom is -0.360 e. The molecule has 0 radical (unpaired) electrons. The number of carbonyl (C=O) groups is 1. The smallest absolute Gasteiger partial charge is 0.243 e. The van der Waals surface area contributed by atoms with Crippen molar-refractivity contribution in [3.05, 3.63) is 47.3 Å². The molecule has 0 unspecified atom stereocenters. The maximum absolute atomic E-state index is 12.8. The number of nitrogens with zero attached hydrogens (tertiary/aromatic N) is 4. The lowest BCUT2D eigenvalue weighted by Crippen LogP contribution is -2.48. The minimum atomic E-state index is -3.41. The van der Waals surface area contributed by atoms with Gasteiger partial charge in [-0.1, -0.05) is 23.7 Å². The normalized spacial score (nSPS) is 18.7. The molecule has 2 aliphatic rings. The van der Waals surface area contributed by atoms with Gasteiger partial charge in [0, 0.05) is 51.8 Å². The Balaban J connectivity index is 1.23. The second-order valence-corrected chi connectivity index (χ2v) is 10.6. The zero-order valence-corrected chi connectivity index (χ0v) is 19.5. The molecule has 0 N–H and O–H groups in total. The Bertz CT molecular complexity index is 1000. The lowest BCUT2D eigenvalue weighted by molar-refractivity contribution is -0.133. The minimum absolute atomic E-state index is 0.144. The van der Waals surface area contributed by atoms with Crippen LogP contribution in [0.15, 0.2) is 39.8 Å². The fraction of sp³-hybridized carbons (Fsp3) is 0.565. The summed E-state index contributed by atoms with van der Waals surface area (Å²) in [5.41, 5.74) is 1.86. The van der Waals surface area contributed by atoms with E-state index in [1.165, 1.54) is 0 Å². The van der Waals surface area contributed by atoms with Gasteiger partial charge in [0.2, 0.25) is 15.9 Å². The fourth-order valence-corrected chi connectivity index (χ4v) is 5.88. The van der Waals surface area contributed by atoms with Crippen molar-refractivity contribution in [3.8, 4) is 0 Å². The number of sulfonamides is 1. The molecule has 0 aliphatic carbocycles. The van der Waals surface area contributed by atoms with Crippen molar-refractivity contribution in [2.24, 2.45) is 0 Å². The van der Waals surface area contributed by atoms with Crippen LogP contribution in [0.2, 0.25) is 0 Å². The largest absolute Gasteiger partial charge is 0.360 e. The van der Waals surface area contributed by atoms with Gasteiger partial charge in [0.25, 0.3) is 0 Å². The SMILES string of the molecule is Cc1cc(CN2CCN(C(=O)CCc3ccc(S(=O)(=O)N4CCCCC4)cc3)CC2)on1. The van der Waals surface area contributed by atoms with Gasteiger partial charge in [-0.3, -0.25) is 9.69 Å². The number of hydrogen-bond acceptors (Lipinski definition) is 6. The molecule has 1 amide bonds. The highest BCUT2D eigenvalue weighted by atomic mass is 32.2. The molecule has 8 nitrogen and oxygen atoms in total. The number of hydrogen-bond donors (Lipinski definition) is 0. The molecule has 32 heavy (non-hydrogen) atoms. The molecule has 0 atom stereocenters. The lowest BCUT2D eigenvalue weighted by Gasteiger charge is -2.34. The monoisotopic (exact) mass is 460 g/mol. The molecule has 2 saturated heterocycles. The van der Waals surface area contributed by atoms with Gasteiger partial charge < -0.3 is 9.42 Å². The Hall–Kier alpha value is -2.23. The zero-order valence-electron chi connectivity index (χ0n) is 18.7. The molecule has 2 aliphatic heterocycles. The van der Waals surface area contributed by atoms with E-state index < -0.39 is 10.0 Å². The summed E-state index contributed by atoms with van der Waals surface area (Å²) in [6, 6.07) is 8.96. The van der Waals surface area contributed by atoms with Gasteiger partial charge in [0.05, 0.1) is 17.1 Å². The van der Waals surface area contributed by atoms with Crippen molar-refractivity contribution < 1.29 is 17.7 Å². The van der Waals surface area contributed by atoms with Crippen molar-refractivity contribution in [3.63, 3.8) is 0 Å². The van der Waals surface area contributed by atoms with E-state index in [-0.39, 0.29) is 5.91 Å². The third-order valence-electron chi connectivity index (χ3n) is 6.28. The topological polar surface area (TPSA) is 87.0 Å². The number of benzene rings is 1. The van der Waals surface area contributed by atoms with Crippen molar-refractivity contribution in [2.75, 3.05) is 39.3 Å². The number of amides is 1. The van der Waals surface area contributed by atoms with Gasteiger partial charge in [-0.2, -0.15) is 4.31 Å². The first-order valence-electron chi connectivity index (χ1n) is 11.4. The molecular formula is C23H32N4O4S. The summed E-state index contributed by atoms with van der Waals surface area (Å²) in [6.45, 7) is 6.87. The van der Waals surface area contributed by atoms with E-state index >= 15 is 0 Å². The fourth-order valence-electron chi connectivity index (χ4n) is 4.36. The van der Waals surface area contributed by atoms with Crippen LogP contribution in [0.4, 0.5) is 0 Å². The predicted molar refractivity (Wildman–Crippen MR) is 120 cm³/mol. The van der Waals surface area contributed by atoms with Crippen LogP contribution in [-0.2, 0) is 27.8 Å². The molecule has 2 fully saturated rings. The summed E-state index contributed by atoms with van der Waals surface area (Å²) >= 11 is 0. The lowest BCUT2D eigenvalue weighted by atomic mass is 10.1. The molecular weight excluding hydrogens is 428 g/mol. The van der Waals surface area contributed by atoms with Crippen molar-refractivity contribution >= 4 is 15.9 Å². The molecule has 2 aromatic rings. The number of piperazine rings is 1. The van der Waals surface area contributed by atoms with Crippen molar-refractivity contribution in [1.29, 1.82) is 0 Å². The number of carbonyl (C=O) groups excluding carboxylic acids is 1. The molecule has 0 saturated carbocycles. The van der Waals surface area contributed by atoms with Gasteiger partial charge >= 0.3 is 0 Å². The van der Waals surface area contributed by atoms with Crippen LogP contribution in [-0.4, -0.2) is 72.9 Å². The third kappa shape index (κ3) is 5.57. The predicted octanol–water partition coefficient (Wildman–Crippen LogP) is 2.43. The van der Waals surface area contributed by atoms with E-state index in [2.05, 4.69) is 10.1 Å². The van der Waals surface area contributed by atoms with Crippen LogP contribution in [0.3, 0.4) is 0 Å². The van der Waals surface area contributed by atoms with Crippen LogP contribution >= 0.6 is 0 Å². The van der Waals surface area contributed by atoms with Gasteiger partial charge in [0.15, 0.2) is 5.76 Å². The summed E-state index contributed by atoms with van der Waals surface area (Å²) in [5.74, 6) is 0.998. The molecule has 0 bridgehead atoms. The second-order valence-electron chi connectivity index (χ2n) is 8.70. The average molecular weight is 461 g/mol. The van der Waals surface area contributed by atoms with Crippen LogP contribution < -0.4 is 0 Å². The molecule has 174 valence electrons. The number of rotatable bonds is 7. The standard InChI is InChI=1S/C23H32N4O4S/c1-19-17-21(31-24-19)18-25-13-15-26(16-14-25)23(28)10-7-20-5-8-22(9-6-20)32(29,30)27-11-3-2-4-12-27/h5-6,8-9,17H,2-4,7,10-16,18H2,1H3. The first-order chi connectivity index (χ1) is 15.4. The molecule has 3 heterocycles. The van der Waals surface area contributed by atoms with E-state index in [4.69, 9.17) is 4.52 Å². The van der Waals surface area contributed by atoms with E-state index in [9.17, 15) is 13.2 Å². The van der Waals surface area contributed by atoms with Crippen LogP contribution in [0.5, 0.6) is 0 Å². The summed E-state index contributed by atoms with van der Waals surface area (Å²) < 4.78 is 32.4. The first-order valence-corrected chi connectivity index (χ1v) is 12.9. The summed E-state index contributed by atoms with van der Waals surface area (Å²) in [5, 5.41) is 3.92. The van der Waals surface area contributed by atoms with Gasteiger partial charge in [-0.15, -0.1) is 0 Å². The summed E-state index contributed by atoms with van der Waals surface area (Å²) in [6.07, 6.45) is 3.98. The third-order valence-corrected chi connectivity index (χ3v) is 8.20. The van der Waals surface area contributed by atoms with Crippen LogP contribution in [0, 0.1) is 6.92 Å². The molecule has 1 aromatic heterocycles. The van der Waals surface area contributed by atoms with Crippen LogP contribution in [0.25, 0.3) is 0 Å². The molecule has 0 spiro atoms. The zero-order chi connectivity index (χ0) is 22.6. The molecule has 9 heteroatoms. The highest BCUT2D eigenvalue weighted by molar-refractivity contribution is 7.89. The van der Waals surface area contributed by atoms with Crippen LogP contribution in [0.1, 0.15) is 42.7 Å². The van der Waals surface area contributed by atoms with E-state index in [0.717, 1.165) is 55.9 Å². The quantitative estimate of drug-likeness (QED) is 0.631. The van der Waals surface area contributed by atoms with Gasteiger partial charge in [-0.25, -0.2) is 8.42 Å². The summed E-state index contributed by atoms with van der Waals surface area (Å²) in [4.78, 5) is 17.2. The average Bonchev–Trinajstić information content (AvgIpc) is 3.23. The second kappa shape index (κ2) is 10.1. The Morgan fingerprint density at radius 1 is 1.00 bits per heavy atom. The van der Waals surface area contributed by atoms with Crippen molar-refractivity contribution in [2.45, 2.75) is 50.5 Å². The number of aromatic nitrogens is 1. The first kappa shape index (κ1) is 22.9. The molecule has 4 rings (SSSR count). The highest BCUT2D eigenvalue weighted by Gasteiger charge is 2.26. The Labute approximate surface area is 190 Å². The van der Waals surface area contributed by atoms with E-state index in [1.807, 2.05) is 30.0 Å². The van der Waals surface area contributed by atoms with E-state index in [0.29, 0.717) is 43.9 Å². The highest BCUT2D eigenvalue weighted by Crippen LogP contribution is 2.21. The maximum atomic E-state index is 12.8. The summed E-state index contributed by atoms with van der Waals surface area (Å²) in [7, 11) is -3.41. The van der Waals surface area contributed by atoms with Gasteiger partial charge in [0.1, 0.15) is 0 Å². The Morgan fingerprint density at radius 3 is 2.31 bits per heavy atom. The Morgan fingerprint density at radius 2 is 1.69 bits per heavy atom. The van der Waals surface area contributed by atoms with Crippen molar-refractivity contribution in [1.82, 2.24) is 19.3 Å². The maximum Gasteiger partial charge on any atom is 0.243 e. The number of aryl methyl sites for hydroxylation is 2. The van der Waals surface area contributed by atoms with Gasteiger partial charge in [-0.05, 0) is 43.9 Å². The Kier molecular flexibility index (Phi) is 7.27. The van der Waals surface area contributed by atoms with E-state index in [1.54, 1.807) is 16.4 Å². The number of piperidine rings is 1. The molecule has 1 aromatic carbocycles.